The molecule has 3 aromatic rings. The van der Waals surface area contributed by atoms with Crippen LogP contribution in [0.2, 0.25) is 0 Å². The van der Waals surface area contributed by atoms with E-state index in [1.165, 1.54) is 16.7 Å². The Morgan fingerprint density at radius 1 is 1.10 bits per heavy atom. The van der Waals surface area contributed by atoms with Crippen LogP contribution in [0, 0.1) is 26.2 Å². The third-order valence-electron chi connectivity index (χ3n) is 6.25. The number of hydrogen-bond acceptors (Lipinski definition) is 5. The van der Waals surface area contributed by atoms with Crippen molar-refractivity contribution in [1.29, 1.82) is 0 Å². The number of benzene rings is 1. The molecule has 1 unspecified atom stereocenters. The van der Waals surface area contributed by atoms with Crippen molar-refractivity contribution in [3.63, 3.8) is 0 Å². The summed E-state index contributed by atoms with van der Waals surface area (Å²) in [4.78, 5) is 19.3. The highest BCUT2D eigenvalue weighted by Crippen LogP contribution is 2.47. The van der Waals surface area contributed by atoms with Gasteiger partial charge in [-0.1, -0.05) is 26.0 Å². The summed E-state index contributed by atoms with van der Waals surface area (Å²) in [6.45, 7) is 10.6. The van der Waals surface area contributed by atoms with Crippen molar-refractivity contribution in [2.75, 3.05) is 5.32 Å². The third-order valence-corrected chi connectivity index (χ3v) is 7.32. The van der Waals surface area contributed by atoms with Gasteiger partial charge in [-0.25, -0.2) is 4.68 Å². The van der Waals surface area contributed by atoms with Crippen LogP contribution < -0.4 is 5.32 Å². The Morgan fingerprint density at radius 2 is 1.90 bits per heavy atom. The topological polar surface area (TPSA) is 59.8 Å². The van der Waals surface area contributed by atoms with E-state index in [1.54, 1.807) is 11.3 Å². The first-order valence-corrected chi connectivity index (χ1v) is 11.2. The molecule has 2 aromatic heterocycles. The number of rotatable bonds is 2. The molecule has 1 aliphatic carbocycles. The predicted molar refractivity (Wildman–Crippen MR) is 121 cm³/mol. The van der Waals surface area contributed by atoms with E-state index in [1.807, 2.05) is 4.68 Å². The Morgan fingerprint density at radius 3 is 2.60 bits per heavy atom. The van der Waals surface area contributed by atoms with Gasteiger partial charge < -0.3 is 5.32 Å². The number of carbonyl (C=O) groups excluding carboxylic acids is 1. The molecule has 0 radical (unpaired) electrons. The maximum Gasteiger partial charge on any atom is 0.226 e. The maximum atomic E-state index is 13.3. The highest BCUT2D eigenvalue weighted by molar-refractivity contribution is 7.10. The number of ketones is 1. The summed E-state index contributed by atoms with van der Waals surface area (Å²) in [5.41, 5.74) is 6.44. The van der Waals surface area contributed by atoms with Gasteiger partial charge in [0, 0.05) is 28.1 Å². The van der Waals surface area contributed by atoms with Gasteiger partial charge in [-0.3, -0.25) is 4.79 Å². The van der Waals surface area contributed by atoms with Crippen LogP contribution >= 0.6 is 11.3 Å². The number of Topliss-reactive ketones (excluding diaryl/α,β-unsaturated/α-hetero) is 1. The van der Waals surface area contributed by atoms with Crippen molar-refractivity contribution in [3.05, 3.63) is 62.5 Å². The largest absolute Gasteiger partial charge is 0.328 e. The summed E-state index contributed by atoms with van der Waals surface area (Å²) in [6.07, 6.45) is 1.39. The second-order valence-electron chi connectivity index (χ2n) is 9.33. The van der Waals surface area contributed by atoms with Crippen LogP contribution in [0.1, 0.15) is 54.3 Å². The molecule has 0 spiro atoms. The smallest absolute Gasteiger partial charge is 0.226 e. The summed E-state index contributed by atoms with van der Waals surface area (Å²) in [6, 6.07) is 8.20. The van der Waals surface area contributed by atoms with Gasteiger partial charge in [0.15, 0.2) is 11.6 Å². The Balaban J connectivity index is 1.68. The maximum absolute atomic E-state index is 13.3. The lowest BCUT2D eigenvalue weighted by Crippen LogP contribution is -2.36. The lowest BCUT2D eigenvalue weighted by molar-refractivity contribution is -0.118. The molecule has 5 rings (SSSR count). The molecule has 3 heterocycles. The normalized spacial score (nSPS) is 20.0. The van der Waals surface area contributed by atoms with Crippen LogP contribution in [-0.2, 0) is 4.79 Å². The number of allylic oxidation sites excluding steroid dienone is 2. The molecule has 30 heavy (non-hydrogen) atoms. The summed E-state index contributed by atoms with van der Waals surface area (Å²) >= 11 is 1.68. The average Bonchev–Trinajstić information content (AvgIpc) is 3.27. The fraction of sp³-hybridized carbons (Fsp3) is 0.375. The SMILES string of the molecule is Cc1ccc(-c2nc3n(n2)C(c2sccc2C)C2=C(CC(C)(C)CC2=O)N3)cc1C. The molecule has 1 aliphatic heterocycles. The molecule has 6 heteroatoms. The molecule has 0 bridgehead atoms. The Labute approximate surface area is 180 Å². The molecule has 1 atom stereocenters. The number of fused-ring (bicyclic) bond motifs is 1. The number of nitrogens with zero attached hydrogens (tertiary/aromatic N) is 3. The molecule has 1 N–H and O–H groups in total. The summed E-state index contributed by atoms with van der Waals surface area (Å²) in [5.74, 6) is 1.61. The zero-order chi connectivity index (χ0) is 21.2. The Bertz CT molecular complexity index is 1210. The molecular weight excluding hydrogens is 392 g/mol. The minimum absolute atomic E-state index is 0.0585. The van der Waals surface area contributed by atoms with Crippen molar-refractivity contribution in [1.82, 2.24) is 14.8 Å². The van der Waals surface area contributed by atoms with Gasteiger partial charge >= 0.3 is 0 Å². The van der Waals surface area contributed by atoms with Gasteiger partial charge in [0.05, 0.1) is 0 Å². The summed E-state index contributed by atoms with van der Waals surface area (Å²) in [5, 5.41) is 10.4. The average molecular weight is 419 g/mol. The number of anilines is 1. The van der Waals surface area contributed by atoms with E-state index in [0.717, 1.165) is 28.1 Å². The standard InChI is InChI=1S/C24H26N4OS/c1-13-6-7-16(10-15(13)3)22-26-23-25-17-11-24(4,5)12-18(29)19(17)20(28(23)27-22)21-14(2)8-9-30-21/h6-10,20H,11-12H2,1-5H3,(H,25,26,27). The van der Waals surface area contributed by atoms with Crippen molar-refractivity contribution >= 4 is 23.1 Å². The number of carbonyl (C=O) groups is 1. The van der Waals surface area contributed by atoms with Gasteiger partial charge in [-0.15, -0.1) is 16.4 Å². The summed E-state index contributed by atoms with van der Waals surface area (Å²) < 4.78 is 1.92. The van der Waals surface area contributed by atoms with Crippen molar-refractivity contribution < 1.29 is 4.79 Å². The Hall–Kier alpha value is -2.73. The van der Waals surface area contributed by atoms with Crippen LogP contribution in [0.3, 0.4) is 0 Å². The number of aromatic nitrogens is 3. The van der Waals surface area contributed by atoms with Gasteiger partial charge in [-0.2, -0.15) is 4.98 Å². The molecule has 0 fully saturated rings. The second-order valence-corrected chi connectivity index (χ2v) is 10.3. The predicted octanol–water partition coefficient (Wildman–Crippen LogP) is 5.59. The number of aryl methyl sites for hydroxylation is 3. The van der Waals surface area contributed by atoms with Gasteiger partial charge in [-0.05, 0) is 66.8 Å². The lowest BCUT2D eigenvalue weighted by atomic mass is 9.73. The third kappa shape index (κ3) is 3.01. The highest BCUT2D eigenvalue weighted by atomic mass is 32.1. The lowest BCUT2D eigenvalue weighted by Gasteiger charge is -2.38. The van der Waals surface area contributed by atoms with E-state index < -0.39 is 0 Å². The van der Waals surface area contributed by atoms with E-state index in [0.29, 0.717) is 18.2 Å². The first-order chi connectivity index (χ1) is 14.2. The summed E-state index contributed by atoms with van der Waals surface area (Å²) in [7, 11) is 0. The molecule has 0 amide bonds. The van der Waals surface area contributed by atoms with Crippen LogP contribution in [0.15, 0.2) is 40.9 Å². The minimum atomic E-state index is -0.215. The molecule has 0 saturated heterocycles. The minimum Gasteiger partial charge on any atom is -0.328 e. The molecule has 1 aromatic carbocycles. The molecule has 2 aliphatic rings. The van der Waals surface area contributed by atoms with E-state index in [-0.39, 0.29) is 17.2 Å². The quantitative estimate of drug-likeness (QED) is 0.589. The van der Waals surface area contributed by atoms with Crippen molar-refractivity contribution in [3.8, 4) is 11.4 Å². The van der Waals surface area contributed by atoms with Crippen LogP contribution in [-0.4, -0.2) is 20.5 Å². The van der Waals surface area contributed by atoms with Crippen molar-refractivity contribution in [2.45, 2.75) is 53.5 Å². The van der Waals surface area contributed by atoms with E-state index in [4.69, 9.17) is 10.1 Å². The highest BCUT2D eigenvalue weighted by Gasteiger charge is 2.42. The van der Waals surface area contributed by atoms with Crippen LogP contribution in [0.5, 0.6) is 0 Å². The second kappa shape index (κ2) is 6.64. The van der Waals surface area contributed by atoms with Crippen LogP contribution in [0.4, 0.5) is 5.95 Å². The van der Waals surface area contributed by atoms with Gasteiger partial charge in [0.1, 0.15) is 6.04 Å². The number of nitrogens with one attached hydrogen (secondary N) is 1. The molecular formula is C24H26N4OS. The van der Waals surface area contributed by atoms with E-state index in [9.17, 15) is 4.79 Å². The fourth-order valence-corrected chi connectivity index (χ4v) is 5.54. The zero-order valence-electron chi connectivity index (χ0n) is 18.0. The van der Waals surface area contributed by atoms with Crippen LogP contribution in [0.25, 0.3) is 11.4 Å². The number of thiophene rings is 1. The number of hydrogen-bond donors (Lipinski definition) is 1. The van der Waals surface area contributed by atoms with Gasteiger partial charge in [0.2, 0.25) is 5.95 Å². The van der Waals surface area contributed by atoms with E-state index in [2.05, 4.69) is 69.6 Å². The molecule has 0 saturated carbocycles. The zero-order valence-corrected chi connectivity index (χ0v) is 18.9. The first kappa shape index (κ1) is 19.2. The molecule has 154 valence electrons. The first-order valence-electron chi connectivity index (χ1n) is 10.3. The monoisotopic (exact) mass is 418 g/mol. The van der Waals surface area contributed by atoms with Crippen molar-refractivity contribution in [2.24, 2.45) is 5.41 Å². The van der Waals surface area contributed by atoms with E-state index >= 15 is 0 Å². The van der Waals surface area contributed by atoms with Gasteiger partial charge in [0.25, 0.3) is 0 Å². The fourth-order valence-electron chi connectivity index (χ4n) is 4.52. The molecule has 5 nitrogen and oxygen atoms in total. The Kier molecular flexibility index (Phi) is 4.26.